The smallest absolute Gasteiger partial charge is 0.331 e. The van der Waals surface area contributed by atoms with Crippen molar-refractivity contribution >= 4 is 21.7 Å². The van der Waals surface area contributed by atoms with Gasteiger partial charge in [0, 0.05) is 26.2 Å². The van der Waals surface area contributed by atoms with Crippen LogP contribution in [-0.2, 0) is 25.4 Å². The van der Waals surface area contributed by atoms with Gasteiger partial charge in [0.05, 0.1) is 28.9 Å². The van der Waals surface area contributed by atoms with Crippen LogP contribution in [-0.4, -0.2) is 25.4 Å². The standard InChI is InChI=1S/C28H25N3O4/c1-16-8-10-18(11-9-16)23-22-24(29(2)28(34)30(3)27(22)33)25-26(35-15-14-31(23)25)21-19-7-5-4-6-17(19)12-13-20(21)32/h4-13,26,32H,14-15H2,1-3H3/t26-/m0/s1. The molecule has 176 valence electrons. The lowest BCUT2D eigenvalue weighted by Crippen LogP contribution is -2.37. The van der Waals surface area contributed by atoms with Gasteiger partial charge in [0.25, 0.3) is 5.56 Å². The first-order chi connectivity index (χ1) is 16.9. The van der Waals surface area contributed by atoms with Gasteiger partial charge in [-0.25, -0.2) is 4.79 Å². The number of hydrogen-bond donors (Lipinski definition) is 1. The van der Waals surface area contributed by atoms with E-state index in [-0.39, 0.29) is 11.3 Å². The molecular weight excluding hydrogens is 442 g/mol. The van der Waals surface area contributed by atoms with Crippen LogP contribution in [0.25, 0.3) is 32.9 Å². The van der Waals surface area contributed by atoms with Crippen molar-refractivity contribution in [1.29, 1.82) is 0 Å². The highest BCUT2D eigenvalue weighted by Crippen LogP contribution is 2.44. The molecule has 7 heteroatoms. The molecule has 0 saturated carbocycles. The maximum Gasteiger partial charge on any atom is 0.331 e. The molecule has 1 N–H and O–H groups in total. The Morgan fingerprint density at radius 1 is 0.943 bits per heavy atom. The number of phenolic OH excluding ortho intramolecular Hbond substituents is 1. The zero-order valence-electron chi connectivity index (χ0n) is 19.8. The van der Waals surface area contributed by atoms with Gasteiger partial charge in [-0.15, -0.1) is 0 Å². The molecular formula is C28H25N3O4. The second kappa shape index (κ2) is 7.71. The molecule has 35 heavy (non-hydrogen) atoms. The second-order valence-corrected chi connectivity index (χ2v) is 9.15. The van der Waals surface area contributed by atoms with Gasteiger partial charge in [-0.3, -0.25) is 13.9 Å². The maximum absolute atomic E-state index is 13.5. The van der Waals surface area contributed by atoms with E-state index in [1.54, 1.807) is 13.1 Å². The first-order valence-corrected chi connectivity index (χ1v) is 11.6. The Balaban J connectivity index is 1.79. The van der Waals surface area contributed by atoms with Crippen LogP contribution >= 0.6 is 0 Å². The summed E-state index contributed by atoms with van der Waals surface area (Å²) in [5.41, 5.74) is 3.89. The normalized spacial score (nSPS) is 15.6. The van der Waals surface area contributed by atoms with Crippen LogP contribution in [0.4, 0.5) is 0 Å². The van der Waals surface area contributed by atoms with Crippen molar-refractivity contribution in [2.45, 2.75) is 19.6 Å². The number of benzene rings is 3. The maximum atomic E-state index is 13.5. The molecule has 6 rings (SSSR count). The zero-order chi connectivity index (χ0) is 24.4. The van der Waals surface area contributed by atoms with E-state index in [0.29, 0.717) is 35.3 Å². The fraction of sp³-hybridized carbons (Fsp3) is 0.214. The lowest BCUT2D eigenvalue weighted by atomic mass is 9.96. The lowest BCUT2D eigenvalue weighted by molar-refractivity contribution is 0.0474. The second-order valence-electron chi connectivity index (χ2n) is 9.15. The van der Waals surface area contributed by atoms with E-state index >= 15 is 0 Å². The predicted octanol–water partition coefficient (Wildman–Crippen LogP) is 3.99. The first kappa shape index (κ1) is 21.4. The largest absolute Gasteiger partial charge is 0.508 e. The number of hydrogen-bond acceptors (Lipinski definition) is 4. The first-order valence-electron chi connectivity index (χ1n) is 11.6. The van der Waals surface area contributed by atoms with Gasteiger partial charge in [-0.05, 0) is 29.3 Å². The van der Waals surface area contributed by atoms with Crippen molar-refractivity contribution in [3.8, 4) is 17.0 Å². The third kappa shape index (κ3) is 3.01. The Kier molecular flexibility index (Phi) is 4.72. The number of rotatable bonds is 2. The third-order valence-electron chi connectivity index (χ3n) is 7.09. The molecule has 5 aromatic rings. The fourth-order valence-electron chi connectivity index (χ4n) is 5.37. The minimum atomic E-state index is -0.658. The average molecular weight is 468 g/mol. The van der Waals surface area contributed by atoms with Gasteiger partial charge in [-0.2, -0.15) is 0 Å². The van der Waals surface area contributed by atoms with Crippen LogP contribution in [0.1, 0.15) is 22.9 Å². The Hall–Kier alpha value is -4.10. The van der Waals surface area contributed by atoms with Crippen molar-refractivity contribution in [3.05, 3.63) is 98.3 Å². The minimum Gasteiger partial charge on any atom is -0.508 e. The highest BCUT2D eigenvalue weighted by molar-refractivity contribution is 5.97. The molecule has 0 unspecified atom stereocenters. The van der Waals surface area contributed by atoms with Gasteiger partial charge in [0.2, 0.25) is 0 Å². The van der Waals surface area contributed by atoms with Gasteiger partial charge in [0.15, 0.2) is 0 Å². The van der Waals surface area contributed by atoms with E-state index in [1.165, 1.54) is 11.6 Å². The van der Waals surface area contributed by atoms with Crippen molar-refractivity contribution in [2.75, 3.05) is 6.61 Å². The van der Waals surface area contributed by atoms with Gasteiger partial charge < -0.3 is 14.4 Å². The number of ether oxygens (including phenoxy) is 1. The quantitative estimate of drug-likeness (QED) is 0.426. The Morgan fingerprint density at radius 2 is 1.69 bits per heavy atom. The summed E-state index contributed by atoms with van der Waals surface area (Å²) in [6.45, 7) is 2.94. The molecule has 0 saturated heterocycles. The topological polar surface area (TPSA) is 78.4 Å². The average Bonchev–Trinajstić information content (AvgIpc) is 3.22. The Labute approximate surface area is 201 Å². The number of aromatic nitrogens is 3. The summed E-state index contributed by atoms with van der Waals surface area (Å²) < 4.78 is 11.1. The molecule has 2 aromatic heterocycles. The molecule has 3 heterocycles. The molecule has 0 amide bonds. The van der Waals surface area contributed by atoms with E-state index in [9.17, 15) is 14.7 Å². The van der Waals surface area contributed by atoms with E-state index < -0.39 is 11.8 Å². The van der Waals surface area contributed by atoms with Gasteiger partial charge >= 0.3 is 5.69 Å². The molecule has 1 aliphatic rings. The van der Waals surface area contributed by atoms with Crippen LogP contribution in [0.3, 0.4) is 0 Å². The highest BCUT2D eigenvalue weighted by atomic mass is 16.5. The van der Waals surface area contributed by atoms with Crippen LogP contribution < -0.4 is 11.2 Å². The number of aryl methyl sites for hydroxylation is 2. The molecule has 0 radical (unpaired) electrons. The van der Waals surface area contributed by atoms with Crippen LogP contribution in [0.5, 0.6) is 5.75 Å². The van der Waals surface area contributed by atoms with E-state index in [4.69, 9.17) is 4.74 Å². The van der Waals surface area contributed by atoms with Gasteiger partial charge in [0.1, 0.15) is 11.9 Å². The predicted molar refractivity (Wildman–Crippen MR) is 136 cm³/mol. The summed E-state index contributed by atoms with van der Waals surface area (Å²) in [6.07, 6.45) is -0.658. The third-order valence-corrected chi connectivity index (χ3v) is 7.09. The molecule has 3 aromatic carbocycles. The molecule has 0 fully saturated rings. The van der Waals surface area contributed by atoms with Crippen molar-refractivity contribution in [3.63, 3.8) is 0 Å². The van der Waals surface area contributed by atoms with Crippen molar-refractivity contribution in [2.24, 2.45) is 14.1 Å². The molecule has 1 aliphatic heterocycles. The number of fused-ring (bicyclic) bond motifs is 4. The van der Waals surface area contributed by atoms with Crippen molar-refractivity contribution in [1.82, 2.24) is 13.7 Å². The van der Waals surface area contributed by atoms with Gasteiger partial charge in [-0.1, -0.05) is 60.2 Å². The minimum absolute atomic E-state index is 0.113. The summed E-state index contributed by atoms with van der Waals surface area (Å²) in [5.74, 6) is 0.113. The highest BCUT2D eigenvalue weighted by Gasteiger charge is 2.35. The molecule has 0 aliphatic carbocycles. The Bertz CT molecular complexity index is 1760. The SMILES string of the molecule is Cc1ccc(-c2c3c(=O)n(C)c(=O)n(C)c3c3n2CCO[C@H]3c2c(O)ccc3ccccc23)cc1. The summed E-state index contributed by atoms with van der Waals surface area (Å²) in [4.78, 5) is 26.6. The molecule has 7 nitrogen and oxygen atoms in total. The summed E-state index contributed by atoms with van der Waals surface area (Å²) in [7, 11) is 3.18. The van der Waals surface area contributed by atoms with E-state index in [1.807, 2.05) is 61.5 Å². The summed E-state index contributed by atoms with van der Waals surface area (Å²) >= 11 is 0. The number of phenols is 1. The fourth-order valence-corrected chi connectivity index (χ4v) is 5.37. The lowest BCUT2D eigenvalue weighted by Gasteiger charge is -2.29. The van der Waals surface area contributed by atoms with Crippen LogP contribution in [0, 0.1) is 6.92 Å². The monoisotopic (exact) mass is 467 g/mol. The molecule has 0 spiro atoms. The van der Waals surface area contributed by atoms with Crippen LogP contribution in [0.15, 0.2) is 70.3 Å². The van der Waals surface area contributed by atoms with Crippen LogP contribution in [0.2, 0.25) is 0 Å². The number of nitrogens with zero attached hydrogens (tertiary/aromatic N) is 3. The van der Waals surface area contributed by atoms with E-state index in [2.05, 4.69) is 4.57 Å². The Morgan fingerprint density at radius 3 is 2.46 bits per heavy atom. The number of aromatic hydroxyl groups is 1. The molecule has 0 bridgehead atoms. The molecule has 1 atom stereocenters. The summed E-state index contributed by atoms with van der Waals surface area (Å²) in [5, 5.41) is 13.3. The zero-order valence-corrected chi connectivity index (χ0v) is 19.8. The van der Waals surface area contributed by atoms with Crippen molar-refractivity contribution < 1.29 is 9.84 Å². The van der Waals surface area contributed by atoms with E-state index in [0.717, 1.165) is 32.2 Å². The summed E-state index contributed by atoms with van der Waals surface area (Å²) in [6, 6.07) is 19.4.